The van der Waals surface area contributed by atoms with Crippen LogP contribution in [0.4, 0.5) is 0 Å². The van der Waals surface area contributed by atoms with E-state index in [-0.39, 0.29) is 6.29 Å². The van der Waals surface area contributed by atoms with Crippen LogP contribution in [0.25, 0.3) is 0 Å². The second-order valence-corrected chi connectivity index (χ2v) is 5.86. The Morgan fingerprint density at radius 3 is 2.65 bits per heavy atom. The van der Waals surface area contributed by atoms with Crippen molar-refractivity contribution in [2.45, 2.75) is 37.3 Å². The minimum absolute atomic E-state index is 0.319. The highest BCUT2D eigenvalue weighted by Crippen LogP contribution is 2.16. The first kappa shape index (κ1) is 15.7. The number of hydrogen-bond donors (Lipinski definition) is 0. The average molecular weight is 301 g/mol. The van der Waals surface area contributed by atoms with Gasteiger partial charge in [0.1, 0.15) is 0 Å². The lowest BCUT2D eigenvalue weighted by Gasteiger charge is -2.25. The maximum atomic E-state index is 5.17. The van der Waals surface area contributed by atoms with E-state index in [0.717, 1.165) is 17.5 Å². The molecule has 2 rings (SSSR count). The van der Waals surface area contributed by atoms with Crippen molar-refractivity contribution in [1.82, 2.24) is 25.1 Å². The zero-order chi connectivity index (χ0) is 14.2. The molecule has 0 amide bonds. The molecule has 0 saturated carbocycles. The monoisotopic (exact) mass is 301 g/mol. The Morgan fingerprint density at radius 2 is 1.95 bits per heavy atom. The molecule has 0 aromatic carbocycles. The predicted octanol–water partition coefficient (Wildman–Crippen LogP) is 0.870. The molecule has 1 aromatic heterocycles. The normalized spacial score (nSPS) is 16.9. The molecule has 0 atom stereocenters. The maximum Gasteiger partial charge on any atom is 0.209 e. The standard InChI is InChI=1S/C12H23N5O2S/c1-18-11(19-2)10-17-12(13-14-15-17)20-9-8-16-6-4-3-5-7-16/h11H,3-10H2,1-2H3. The quantitative estimate of drug-likeness (QED) is 0.521. The van der Waals surface area contributed by atoms with E-state index in [0.29, 0.717) is 6.54 Å². The fourth-order valence-corrected chi connectivity index (χ4v) is 3.14. The van der Waals surface area contributed by atoms with Crippen molar-refractivity contribution in [1.29, 1.82) is 0 Å². The highest BCUT2D eigenvalue weighted by atomic mass is 32.2. The van der Waals surface area contributed by atoms with Crippen molar-refractivity contribution in [3.63, 3.8) is 0 Å². The third kappa shape index (κ3) is 4.69. The van der Waals surface area contributed by atoms with Crippen molar-refractivity contribution in [2.75, 3.05) is 39.6 Å². The maximum absolute atomic E-state index is 5.17. The van der Waals surface area contributed by atoms with Gasteiger partial charge in [0.15, 0.2) is 6.29 Å². The van der Waals surface area contributed by atoms with E-state index in [4.69, 9.17) is 9.47 Å². The van der Waals surface area contributed by atoms with Crippen LogP contribution in [-0.4, -0.2) is 71.0 Å². The van der Waals surface area contributed by atoms with Gasteiger partial charge in [-0.15, -0.1) is 5.10 Å². The molecule has 0 N–H and O–H groups in total. The van der Waals surface area contributed by atoms with Crippen LogP contribution in [0, 0.1) is 0 Å². The number of methoxy groups -OCH3 is 2. The molecule has 114 valence electrons. The Bertz CT molecular complexity index is 380. The van der Waals surface area contributed by atoms with Crippen LogP contribution < -0.4 is 0 Å². The van der Waals surface area contributed by atoms with Crippen LogP contribution in [-0.2, 0) is 16.0 Å². The molecule has 1 saturated heterocycles. The van der Waals surface area contributed by atoms with Gasteiger partial charge in [-0.1, -0.05) is 18.2 Å². The summed E-state index contributed by atoms with van der Waals surface area (Å²) < 4.78 is 12.1. The first-order chi connectivity index (χ1) is 9.83. The van der Waals surface area contributed by atoms with Gasteiger partial charge in [0.05, 0.1) is 6.54 Å². The Kier molecular flexibility index (Phi) is 6.71. The fourth-order valence-electron chi connectivity index (χ4n) is 2.25. The number of rotatable bonds is 8. The van der Waals surface area contributed by atoms with Crippen LogP contribution in [0.3, 0.4) is 0 Å². The zero-order valence-electron chi connectivity index (χ0n) is 12.2. The van der Waals surface area contributed by atoms with E-state index >= 15 is 0 Å². The molecule has 0 aliphatic carbocycles. The van der Waals surface area contributed by atoms with Gasteiger partial charge >= 0.3 is 0 Å². The number of nitrogens with zero attached hydrogens (tertiary/aromatic N) is 5. The van der Waals surface area contributed by atoms with E-state index in [9.17, 15) is 0 Å². The highest BCUT2D eigenvalue weighted by molar-refractivity contribution is 7.99. The van der Waals surface area contributed by atoms with Gasteiger partial charge in [0.2, 0.25) is 5.16 Å². The highest BCUT2D eigenvalue weighted by Gasteiger charge is 2.14. The van der Waals surface area contributed by atoms with Crippen LogP contribution >= 0.6 is 11.8 Å². The summed E-state index contributed by atoms with van der Waals surface area (Å²) >= 11 is 1.68. The van der Waals surface area contributed by atoms with E-state index in [1.165, 1.54) is 32.4 Å². The van der Waals surface area contributed by atoms with Crippen molar-refractivity contribution in [3.8, 4) is 0 Å². The van der Waals surface area contributed by atoms with Gasteiger partial charge in [0, 0.05) is 26.5 Å². The smallest absolute Gasteiger partial charge is 0.209 e. The van der Waals surface area contributed by atoms with Crippen molar-refractivity contribution >= 4 is 11.8 Å². The van der Waals surface area contributed by atoms with Crippen LogP contribution in [0.15, 0.2) is 5.16 Å². The zero-order valence-corrected chi connectivity index (χ0v) is 13.0. The van der Waals surface area contributed by atoms with Crippen molar-refractivity contribution in [3.05, 3.63) is 0 Å². The van der Waals surface area contributed by atoms with Gasteiger partial charge < -0.3 is 14.4 Å². The number of tetrazole rings is 1. The van der Waals surface area contributed by atoms with Crippen LogP contribution in [0.5, 0.6) is 0 Å². The minimum atomic E-state index is -0.319. The first-order valence-corrected chi connectivity index (χ1v) is 7.99. The van der Waals surface area contributed by atoms with Crippen molar-refractivity contribution < 1.29 is 9.47 Å². The molecule has 1 aliphatic heterocycles. The van der Waals surface area contributed by atoms with Gasteiger partial charge in [0.25, 0.3) is 0 Å². The van der Waals surface area contributed by atoms with Crippen LogP contribution in [0.1, 0.15) is 19.3 Å². The summed E-state index contributed by atoms with van der Waals surface area (Å²) in [6.07, 6.45) is 3.70. The minimum Gasteiger partial charge on any atom is -0.354 e. The predicted molar refractivity (Wildman–Crippen MR) is 76.6 cm³/mol. The Balaban J connectivity index is 1.76. The van der Waals surface area contributed by atoms with Gasteiger partial charge in [-0.3, -0.25) is 0 Å². The summed E-state index contributed by atoms with van der Waals surface area (Å²) in [5.74, 6) is 1.00. The fraction of sp³-hybridized carbons (Fsp3) is 0.917. The summed E-state index contributed by atoms with van der Waals surface area (Å²) in [6.45, 7) is 4.05. The molecule has 2 heterocycles. The number of hydrogen-bond acceptors (Lipinski definition) is 7. The SMILES string of the molecule is COC(Cn1nnnc1SCCN1CCCCC1)OC. The number of aromatic nitrogens is 4. The molecule has 1 aliphatic rings. The lowest BCUT2D eigenvalue weighted by Crippen LogP contribution is -2.31. The largest absolute Gasteiger partial charge is 0.354 e. The molecule has 0 bridgehead atoms. The molecular formula is C12H23N5O2S. The molecule has 0 unspecified atom stereocenters. The summed E-state index contributed by atoms with van der Waals surface area (Å²) in [5.41, 5.74) is 0. The van der Waals surface area contributed by atoms with Crippen LogP contribution in [0.2, 0.25) is 0 Å². The third-order valence-corrected chi connectivity index (χ3v) is 4.37. The average Bonchev–Trinajstić information content (AvgIpc) is 2.93. The van der Waals surface area contributed by atoms with Gasteiger partial charge in [-0.2, -0.15) is 0 Å². The second-order valence-electron chi connectivity index (χ2n) is 4.80. The molecule has 1 aromatic rings. The van der Waals surface area contributed by atoms with Crippen molar-refractivity contribution in [2.24, 2.45) is 0 Å². The first-order valence-electron chi connectivity index (χ1n) is 7.00. The Morgan fingerprint density at radius 1 is 1.20 bits per heavy atom. The molecular weight excluding hydrogens is 278 g/mol. The molecule has 7 nitrogen and oxygen atoms in total. The van der Waals surface area contributed by atoms with Gasteiger partial charge in [-0.05, 0) is 36.4 Å². The van der Waals surface area contributed by atoms with E-state index < -0.39 is 0 Å². The number of thioether (sulfide) groups is 1. The Labute approximate surface area is 124 Å². The van der Waals surface area contributed by atoms with E-state index in [1.54, 1.807) is 30.7 Å². The summed E-state index contributed by atoms with van der Waals surface area (Å²) in [4.78, 5) is 2.51. The van der Waals surface area contributed by atoms with E-state index in [1.807, 2.05) is 0 Å². The topological polar surface area (TPSA) is 65.3 Å². The summed E-state index contributed by atoms with van der Waals surface area (Å²) in [6, 6.07) is 0. The number of likely N-dealkylation sites (tertiary alicyclic amines) is 1. The van der Waals surface area contributed by atoms with E-state index in [2.05, 4.69) is 20.4 Å². The molecule has 20 heavy (non-hydrogen) atoms. The second kappa shape index (κ2) is 8.56. The summed E-state index contributed by atoms with van der Waals surface area (Å²) in [5, 5.41) is 12.6. The number of piperidine rings is 1. The molecule has 0 radical (unpaired) electrons. The van der Waals surface area contributed by atoms with Gasteiger partial charge in [-0.25, -0.2) is 4.68 Å². The summed E-state index contributed by atoms with van der Waals surface area (Å²) in [7, 11) is 3.23. The lowest BCUT2D eigenvalue weighted by molar-refractivity contribution is -0.113. The third-order valence-electron chi connectivity index (χ3n) is 3.43. The molecule has 0 spiro atoms. The molecule has 1 fully saturated rings. The number of ether oxygens (including phenoxy) is 2. The lowest BCUT2D eigenvalue weighted by atomic mass is 10.1. The Hall–Kier alpha value is -0.700. The molecule has 8 heteroatoms.